The van der Waals surface area contributed by atoms with Gasteiger partial charge in [-0.05, 0) is 28.1 Å². The Morgan fingerprint density at radius 1 is 1.44 bits per heavy atom. The van der Waals surface area contributed by atoms with Crippen LogP contribution < -0.4 is 4.90 Å². The molecule has 0 radical (unpaired) electrons. The number of aromatic carboxylic acids is 1. The van der Waals surface area contributed by atoms with Crippen LogP contribution in [0.1, 0.15) is 10.4 Å². The minimum absolute atomic E-state index is 0.0188. The van der Waals surface area contributed by atoms with Gasteiger partial charge in [0, 0.05) is 24.3 Å². The van der Waals surface area contributed by atoms with Crippen molar-refractivity contribution in [1.82, 2.24) is 0 Å². The number of hydrogen-bond acceptors (Lipinski definition) is 4. The van der Waals surface area contributed by atoms with Crippen LogP contribution in [0.2, 0.25) is 0 Å². The topological polar surface area (TPSA) is 74.7 Å². The Kier molecular flexibility index (Phi) is 4.75. The van der Waals surface area contributed by atoms with Gasteiger partial charge in [0.05, 0.1) is 17.0 Å². The quantitative estimate of drug-likeness (QED) is 0.885. The molecule has 0 amide bonds. The van der Waals surface area contributed by atoms with Crippen molar-refractivity contribution >= 4 is 37.4 Å². The van der Waals surface area contributed by atoms with E-state index >= 15 is 0 Å². The molecule has 100 valence electrons. The van der Waals surface area contributed by atoms with Gasteiger partial charge in [-0.1, -0.05) is 6.07 Å². The summed E-state index contributed by atoms with van der Waals surface area (Å²) in [5.41, 5.74) is 0.619. The first kappa shape index (κ1) is 15.0. The fourth-order valence-corrected chi connectivity index (χ4v) is 2.60. The first-order valence-corrected chi connectivity index (χ1v) is 7.98. The summed E-state index contributed by atoms with van der Waals surface area (Å²) in [6, 6.07) is 5.00. The molecule has 0 aliphatic heterocycles. The molecule has 0 heterocycles. The summed E-state index contributed by atoms with van der Waals surface area (Å²) in [5, 5.41) is 9.15. The average molecular weight is 336 g/mol. The second-order valence-electron chi connectivity index (χ2n) is 3.99. The van der Waals surface area contributed by atoms with Crippen molar-refractivity contribution in [3.63, 3.8) is 0 Å². The van der Waals surface area contributed by atoms with Crippen LogP contribution in [-0.4, -0.2) is 45.1 Å². The summed E-state index contributed by atoms with van der Waals surface area (Å²) in [4.78, 5) is 12.8. The maximum Gasteiger partial charge on any atom is 0.338 e. The van der Waals surface area contributed by atoms with Gasteiger partial charge in [-0.2, -0.15) is 0 Å². The maximum atomic E-state index is 11.2. The van der Waals surface area contributed by atoms with E-state index in [2.05, 4.69) is 15.9 Å². The summed E-state index contributed by atoms with van der Waals surface area (Å²) in [5.74, 6) is -1.07. The monoisotopic (exact) mass is 335 g/mol. The zero-order chi connectivity index (χ0) is 13.9. The van der Waals surface area contributed by atoms with Gasteiger partial charge < -0.3 is 10.0 Å². The molecule has 0 bridgehead atoms. The standard InChI is InChI=1S/C11H14BrNO4S/c1-13(6-7-18(2,16)17)9-5-3-4-8(12)10(9)11(14)15/h3-5H,6-7H2,1-2H3,(H,14,15). The highest BCUT2D eigenvalue weighted by Crippen LogP contribution is 2.27. The third-order valence-electron chi connectivity index (χ3n) is 2.41. The number of carbonyl (C=O) groups is 1. The van der Waals surface area contributed by atoms with Gasteiger partial charge in [0.1, 0.15) is 9.84 Å². The number of rotatable bonds is 5. The van der Waals surface area contributed by atoms with Crippen LogP contribution in [0, 0.1) is 0 Å². The van der Waals surface area contributed by atoms with E-state index in [1.807, 2.05) is 0 Å². The van der Waals surface area contributed by atoms with Crippen LogP contribution in [0.25, 0.3) is 0 Å². The number of anilines is 1. The molecule has 1 aromatic rings. The number of sulfone groups is 1. The van der Waals surface area contributed by atoms with Crippen molar-refractivity contribution in [3.05, 3.63) is 28.2 Å². The lowest BCUT2D eigenvalue weighted by Gasteiger charge is -2.21. The van der Waals surface area contributed by atoms with Crippen molar-refractivity contribution in [3.8, 4) is 0 Å². The van der Waals surface area contributed by atoms with Crippen LogP contribution in [0.5, 0.6) is 0 Å². The van der Waals surface area contributed by atoms with Crippen molar-refractivity contribution < 1.29 is 18.3 Å². The van der Waals surface area contributed by atoms with Crippen molar-refractivity contribution in [1.29, 1.82) is 0 Å². The summed E-state index contributed by atoms with van der Waals surface area (Å²) in [6.45, 7) is 0.246. The van der Waals surface area contributed by atoms with Gasteiger partial charge >= 0.3 is 5.97 Å². The van der Waals surface area contributed by atoms with E-state index < -0.39 is 15.8 Å². The van der Waals surface area contributed by atoms with Crippen molar-refractivity contribution in [2.75, 3.05) is 30.5 Å². The Bertz CT molecular complexity index is 556. The second kappa shape index (κ2) is 5.71. The molecule has 0 unspecified atom stereocenters. The highest BCUT2D eigenvalue weighted by molar-refractivity contribution is 9.10. The molecular weight excluding hydrogens is 322 g/mol. The molecule has 0 saturated carbocycles. The number of carboxylic acid groups (broad SMARTS) is 1. The summed E-state index contributed by atoms with van der Waals surface area (Å²) in [6.07, 6.45) is 1.15. The zero-order valence-corrected chi connectivity index (χ0v) is 12.5. The van der Waals surface area contributed by atoms with E-state index in [9.17, 15) is 13.2 Å². The Balaban J connectivity index is 3.02. The molecule has 0 aliphatic rings. The number of hydrogen-bond donors (Lipinski definition) is 1. The SMILES string of the molecule is CN(CCS(C)(=O)=O)c1cccc(Br)c1C(=O)O. The first-order chi connectivity index (χ1) is 8.22. The maximum absolute atomic E-state index is 11.2. The highest BCUT2D eigenvalue weighted by atomic mass is 79.9. The highest BCUT2D eigenvalue weighted by Gasteiger charge is 2.17. The minimum atomic E-state index is -3.07. The molecule has 1 N–H and O–H groups in total. The van der Waals surface area contributed by atoms with Crippen LogP contribution >= 0.6 is 15.9 Å². The van der Waals surface area contributed by atoms with E-state index in [4.69, 9.17) is 5.11 Å². The smallest absolute Gasteiger partial charge is 0.338 e. The molecule has 1 rings (SSSR count). The third-order valence-corrected chi connectivity index (χ3v) is 4.00. The van der Waals surface area contributed by atoms with Gasteiger partial charge in [0.15, 0.2) is 0 Å². The molecule has 0 spiro atoms. The van der Waals surface area contributed by atoms with E-state index in [1.54, 1.807) is 30.1 Å². The predicted molar refractivity (Wildman–Crippen MR) is 74.1 cm³/mol. The Hall–Kier alpha value is -1.08. The Morgan fingerprint density at radius 2 is 2.06 bits per heavy atom. The number of halogens is 1. The fourth-order valence-electron chi connectivity index (χ4n) is 1.47. The lowest BCUT2D eigenvalue weighted by Crippen LogP contribution is -2.26. The van der Waals surface area contributed by atoms with Crippen LogP contribution in [0.4, 0.5) is 5.69 Å². The molecule has 1 aromatic carbocycles. The van der Waals surface area contributed by atoms with E-state index in [1.165, 1.54) is 0 Å². The summed E-state index contributed by atoms with van der Waals surface area (Å²) < 4.78 is 22.7. The molecule has 0 fully saturated rings. The summed E-state index contributed by atoms with van der Waals surface area (Å²) >= 11 is 3.18. The van der Waals surface area contributed by atoms with Gasteiger partial charge in [-0.3, -0.25) is 0 Å². The van der Waals surface area contributed by atoms with Crippen LogP contribution in [0.3, 0.4) is 0 Å². The van der Waals surface area contributed by atoms with Gasteiger partial charge in [0.25, 0.3) is 0 Å². The fraction of sp³-hybridized carbons (Fsp3) is 0.364. The van der Waals surface area contributed by atoms with Crippen molar-refractivity contribution in [2.24, 2.45) is 0 Å². The molecular formula is C11H14BrNO4S. The second-order valence-corrected chi connectivity index (χ2v) is 7.10. The van der Waals surface area contributed by atoms with Gasteiger partial charge in [0.2, 0.25) is 0 Å². The van der Waals surface area contributed by atoms with E-state index in [-0.39, 0.29) is 17.9 Å². The molecule has 5 nitrogen and oxygen atoms in total. The minimum Gasteiger partial charge on any atom is -0.478 e. The number of carboxylic acids is 1. The van der Waals surface area contributed by atoms with Crippen LogP contribution in [0.15, 0.2) is 22.7 Å². The number of benzene rings is 1. The average Bonchev–Trinajstić information content (AvgIpc) is 2.24. The van der Waals surface area contributed by atoms with Gasteiger partial charge in [-0.25, -0.2) is 13.2 Å². The largest absolute Gasteiger partial charge is 0.478 e. The van der Waals surface area contributed by atoms with Crippen LogP contribution in [-0.2, 0) is 9.84 Å². The molecule has 7 heteroatoms. The normalized spacial score (nSPS) is 11.3. The molecule has 0 saturated heterocycles. The predicted octanol–water partition coefficient (Wildman–Crippen LogP) is 1.63. The lowest BCUT2D eigenvalue weighted by molar-refractivity contribution is 0.0696. The molecule has 0 aromatic heterocycles. The summed E-state index contributed by atoms with van der Waals surface area (Å²) in [7, 11) is -1.41. The number of nitrogens with zero attached hydrogens (tertiary/aromatic N) is 1. The van der Waals surface area contributed by atoms with E-state index in [0.717, 1.165) is 6.26 Å². The Morgan fingerprint density at radius 3 is 2.56 bits per heavy atom. The lowest BCUT2D eigenvalue weighted by atomic mass is 10.1. The molecule has 0 atom stereocenters. The first-order valence-electron chi connectivity index (χ1n) is 5.13. The third kappa shape index (κ3) is 3.99. The van der Waals surface area contributed by atoms with Gasteiger partial charge in [-0.15, -0.1) is 0 Å². The molecule has 18 heavy (non-hydrogen) atoms. The van der Waals surface area contributed by atoms with E-state index in [0.29, 0.717) is 10.2 Å². The molecule has 0 aliphatic carbocycles. The zero-order valence-electron chi connectivity index (χ0n) is 10.1. The van der Waals surface area contributed by atoms with Crippen molar-refractivity contribution in [2.45, 2.75) is 0 Å². The Labute approximate surface area is 114 Å².